The van der Waals surface area contributed by atoms with Crippen LogP contribution >= 0.6 is 43.5 Å². The van der Waals surface area contributed by atoms with Crippen molar-refractivity contribution in [1.82, 2.24) is 5.32 Å². The molecule has 0 bridgehead atoms. The lowest BCUT2D eigenvalue weighted by atomic mass is 10.2. The number of hydrogen-bond acceptors (Lipinski definition) is 1. The van der Waals surface area contributed by atoms with Gasteiger partial charge in [-0.3, -0.25) is 0 Å². The molecule has 1 N–H and O–H groups in total. The molecule has 0 unspecified atom stereocenters. The molecule has 0 amide bonds. The van der Waals surface area contributed by atoms with Gasteiger partial charge in [0, 0.05) is 27.1 Å². The number of rotatable bonds is 4. The third-order valence-electron chi connectivity index (χ3n) is 1.64. The Bertz CT molecular complexity index is 339. The lowest BCUT2D eigenvalue weighted by Gasteiger charge is -2.06. The lowest BCUT2D eigenvalue weighted by molar-refractivity contribution is 0.757. The molecule has 76 valence electrons. The van der Waals surface area contributed by atoms with Crippen LogP contribution in [0.5, 0.6) is 0 Å². The molecular formula is C10H10Br2ClN. The van der Waals surface area contributed by atoms with Gasteiger partial charge in [0.15, 0.2) is 0 Å². The monoisotopic (exact) mass is 337 g/mol. The van der Waals surface area contributed by atoms with Crippen molar-refractivity contribution < 1.29 is 0 Å². The molecule has 4 heteroatoms. The predicted molar refractivity (Wildman–Crippen MR) is 68.9 cm³/mol. The fraction of sp³-hybridized carbons (Fsp3) is 0.200. The third-order valence-corrected chi connectivity index (χ3v) is 2.78. The Morgan fingerprint density at radius 2 is 2.21 bits per heavy atom. The quantitative estimate of drug-likeness (QED) is 0.871. The molecule has 0 saturated carbocycles. The molecule has 1 rings (SSSR count). The summed E-state index contributed by atoms with van der Waals surface area (Å²) in [6.07, 6.45) is 0. The van der Waals surface area contributed by atoms with Crippen molar-refractivity contribution >= 4 is 43.5 Å². The van der Waals surface area contributed by atoms with Gasteiger partial charge in [-0.2, -0.15) is 0 Å². The van der Waals surface area contributed by atoms with Crippen LogP contribution in [0.4, 0.5) is 0 Å². The highest BCUT2D eigenvalue weighted by Gasteiger charge is 2.00. The summed E-state index contributed by atoms with van der Waals surface area (Å²) in [5.74, 6) is 0. The molecule has 0 fully saturated rings. The van der Waals surface area contributed by atoms with E-state index in [4.69, 9.17) is 11.6 Å². The minimum atomic E-state index is 0.739. The zero-order valence-corrected chi connectivity index (χ0v) is 11.4. The van der Waals surface area contributed by atoms with Gasteiger partial charge in [-0.25, -0.2) is 0 Å². The molecule has 1 aromatic rings. The maximum atomic E-state index is 6.02. The maximum absolute atomic E-state index is 6.02. The molecular weight excluding hydrogens is 329 g/mol. The van der Waals surface area contributed by atoms with Crippen molar-refractivity contribution in [1.29, 1.82) is 0 Å². The zero-order valence-electron chi connectivity index (χ0n) is 7.49. The van der Waals surface area contributed by atoms with Crippen molar-refractivity contribution in [3.05, 3.63) is 44.3 Å². The smallest absolute Gasteiger partial charge is 0.0451 e. The second-order valence-corrected chi connectivity index (χ2v) is 5.30. The van der Waals surface area contributed by atoms with E-state index in [9.17, 15) is 0 Å². The zero-order chi connectivity index (χ0) is 10.6. The number of benzene rings is 1. The van der Waals surface area contributed by atoms with Gasteiger partial charge in [0.2, 0.25) is 0 Å². The molecule has 0 spiro atoms. The molecule has 0 heterocycles. The maximum Gasteiger partial charge on any atom is 0.0451 e. The Hall–Kier alpha value is 0.170. The van der Waals surface area contributed by atoms with Crippen LogP contribution in [0.3, 0.4) is 0 Å². The van der Waals surface area contributed by atoms with Crippen LogP contribution in [-0.2, 0) is 6.54 Å². The van der Waals surface area contributed by atoms with Gasteiger partial charge in [-0.1, -0.05) is 50.0 Å². The first-order valence-electron chi connectivity index (χ1n) is 4.07. The highest BCUT2D eigenvalue weighted by atomic mass is 79.9. The van der Waals surface area contributed by atoms with Crippen molar-refractivity contribution in [2.24, 2.45) is 0 Å². The molecule has 0 aromatic heterocycles. The first kappa shape index (κ1) is 12.2. The van der Waals surface area contributed by atoms with Crippen molar-refractivity contribution in [3.63, 3.8) is 0 Å². The summed E-state index contributed by atoms with van der Waals surface area (Å²) in [5, 5.41) is 4.00. The van der Waals surface area contributed by atoms with Gasteiger partial charge in [-0.05, 0) is 23.8 Å². The third kappa shape index (κ3) is 4.13. The summed E-state index contributed by atoms with van der Waals surface area (Å²) in [5.41, 5.74) is 1.08. The van der Waals surface area contributed by atoms with E-state index in [0.717, 1.165) is 32.6 Å². The van der Waals surface area contributed by atoms with Gasteiger partial charge >= 0.3 is 0 Å². The van der Waals surface area contributed by atoms with Gasteiger partial charge in [-0.15, -0.1) is 0 Å². The molecule has 0 aliphatic heterocycles. The second-order valence-electron chi connectivity index (χ2n) is 2.86. The lowest BCUT2D eigenvalue weighted by Crippen LogP contribution is -2.14. The fourth-order valence-corrected chi connectivity index (χ4v) is 1.80. The average molecular weight is 339 g/mol. The molecule has 14 heavy (non-hydrogen) atoms. The highest BCUT2D eigenvalue weighted by molar-refractivity contribution is 9.11. The van der Waals surface area contributed by atoms with Crippen molar-refractivity contribution in [3.8, 4) is 0 Å². The first-order chi connectivity index (χ1) is 6.59. The minimum Gasteiger partial charge on any atom is -0.308 e. The van der Waals surface area contributed by atoms with E-state index >= 15 is 0 Å². The van der Waals surface area contributed by atoms with Gasteiger partial charge in [0.05, 0.1) is 0 Å². The Morgan fingerprint density at radius 1 is 1.50 bits per heavy atom. The number of halogens is 3. The predicted octanol–water partition coefficient (Wildman–Crippen LogP) is 4.10. The first-order valence-corrected chi connectivity index (χ1v) is 6.04. The summed E-state index contributed by atoms with van der Waals surface area (Å²) in [6.45, 7) is 5.22. The summed E-state index contributed by atoms with van der Waals surface area (Å²) in [7, 11) is 0. The molecule has 0 aliphatic carbocycles. The number of hydrogen-bond donors (Lipinski definition) is 1. The Balaban J connectivity index is 2.57. The van der Waals surface area contributed by atoms with E-state index in [1.807, 2.05) is 18.2 Å². The van der Waals surface area contributed by atoms with Crippen LogP contribution in [0.2, 0.25) is 5.02 Å². The van der Waals surface area contributed by atoms with Gasteiger partial charge in [0.1, 0.15) is 0 Å². The second kappa shape index (κ2) is 5.91. The van der Waals surface area contributed by atoms with Crippen LogP contribution in [0.1, 0.15) is 5.56 Å². The van der Waals surface area contributed by atoms with E-state index in [1.54, 1.807) is 0 Å². The van der Waals surface area contributed by atoms with Gasteiger partial charge < -0.3 is 5.32 Å². The fourth-order valence-electron chi connectivity index (χ4n) is 1.01. The standard InChI is InChI=1S/C10H10Br2ClN/c1-7(11)5-14-6-8-4-9(12)2-3-10(8)13/h2-4,14H,1,5-6H2. The van der Waals surface area contributed by atoms with Crippen molar-refractivity contribution in [2.75, 3.05) is 6.54 Å². The Morgan fingerprint density at radius 3 is 2.86 bits per heavy atom. The largest absolute Gasteiger partial charge is 0.308 e. The molecule has 0 aliphatic rings. The van der Waals surface area contributed by atoms with Crippen LogP contribution in [-0.4, -0.2) is 6.54 Å². The van der Waals surface area contributed by atoms with E-state index in [2.05, 4.69) is 43.8 Å². The molecule has 0 atom stereocenters. The van der Waals surface area contributed by atoms with E-state index in [-0.39, 0.29) is 0 Å². The normalized spacial score (nSPS) is 10.2. The highest BCUT2D eigenvalue weighted by Crippen LogP contribution is 2.20. The van der Waals surface area contributed by atoms with Crippen molar-refractivity contribution in [2.45, 2.75) is 6.54 Å². The number of nitrogens with one attached hydrogen (secondary N) is 1. The topological polar surface area (TPSA) is 12.0 Å². The minimum absolute atomic E-state index is 0.739. The summed E-state index contributed by atoms with van der Waals surface area (Å²) < 4.78 is 1.97. The van der Waals surface area contributed by atoms with Crippen LogP contribution in [0, 0.1) is 0 Å². The summed E-state index contributed by atoms with van der Waals surface area (Å²) >= 11 is 12.7. The SMILES string of the molecule is C=C(Br)CNCc1cc(Br)ccc1Cl. The Labute approximate surface area is 106 Å². The molecule has 0 saturated heterocycles. The van der Waals surface area contributed by atoms with Gasteiger partial charge in [0.25, 0.3) is 0 Å². The van der Waals surface area contributed by atoms with E-state index in [0.29, 0.717) is 0 Å². The Kier molecular flexibility index (Phi) is 5.17. The van der Waals surface area contributed by atoms with Crippen LogP contribution in [0.25, 0.3) is 0 Å². The van der Waals surface area contributed by atoms with Crippen LogP contribution in [0.15, 0.2) is 33.7 Å². The van der Waals surface area contributed by atoms with Crippen LogP contribution < -0.4 is 5.32 Å². The average Bonchev–Trinajstić information content (AvgIpc) is 2.10. The molecule has 0 radical (unpaired) electrons. The molecule has 1 aromatic carbocycles. The van der Waals surface area contributed by atoms with E-state index in [1.165, 1.54) is 0 Å². The summed E-state index contributed by atoms with van der Waals surface area (Å²) in [6, 6.07) is 5.81. The van der Waals surface area contributed by atoms with E-state index < -0.39 is 0 Å². The summed E-state index contributed by atoms with van der Waals surface area (Å²) in [4.78, 5) is 0. The molecule has 1 nitrogen and oxygen atoms in total.